The highest BCUT2D eigenvalue weighted by molar-refractivity contribution is 5.75. The summed E-state index contributed by atoms with van der Waals surface area (Å²) in [4.78, 5) is 11.6. The smallest absolute Gasteiger partial charge is 0.322 e. The second-order valence-electron chi connectivity index (χ2n) is 5.52. The third-order valence-corrected chi connectivity index (χ3v) is 3.68. The molecule has 0 aromatic heterocycles. The molecule has 3 heteroatoms. The largest absolute Gasteiger partial charge is 0.464 e. The van der Waals surface area contributed by atoms with Gasteiger partial charge in [-0.2, -0.15) is 0 Å². The molecule has 0 spiro atoms. The number of carbonyl (C=O) groups is 1. The van der Waals surface area contributed by atoms with Crippen molar-refractivity contribution in [2.45, 2.75) is 64.8 Å². The van der Waals surface area contributed by atoms with Crippen LogP contribution in [0.15, 0.2) is 0 Å². The number of ether oxygens (including phenoxy) is 1. The Bertz CT molecular complexity index is 230. The Morgan fingerprint density at radius 2 is 2.24 bits per heavy atom. The van der Waals surface area contributed by atoms with Crippen molar-refractivity contribution in [3.05, 3.63) is 0 Å². The fourth-order valence-electron chi connectivity index (χ4n) is 2.56. The molecule has 2 unspecified atom stereocenters. The fraction of sp³-hybridized carbons (Fsp3) is 0.929. The van der Waals surface area contributed by atoms with Crippen LogP contribution in [-0.2, 0) is 9.53 Å². The van der Waals surface area contributed by atoms with Gasteiger partial charge in [0, 0.05) is 0 Å². The van der Waals surface area contributed by atoms with E-state index in [1.54, 1.807) is 0 Å². The Balaban J connectivity index is 2.18. The zero-order valence-corrected chi connectivity index (χ0v) is 11.3. The van der Waals surface area contributed by atoms with Gasteiger partial charge in [0.1, 0.15) is 6.04 Å². The molecule has 1 rings (SSSR count). The fourth-order valence-corrected chi connectivity index (χ4v) is 2.56. The van der Waals surface area contributed by atoms with Gasteiger partial charge in [0.15, 0.2) is 0 Å². The minimum Gasteiger partial charge on any atom is -0.464 e. The molecule has 3 nitrogen and oxygen atoms in total. The van der Waals surface area contributed by atoms with Gasteiger partial charge in [-0.05, 0) is 31.1 Å². The van der Waals surface area contributed by atoms with Crippen molar-refractivity contribution in [1.29, 1.82) is 0 Å². The van der Waals surface area contributed by atoms with Crippen molar-refractivity contribution in [2.24, 2.45) is 17.6 Å². The van der Waals surface area contributed by atoms with E-state index in [0.717, 1.165) is 25.2 Å². The normalized spacial score (nSPS) is 26.5. The Morgan fingerprint density at radius 1 is 1.47 bits per heavy atom. The van der Waals surface area contributed by atoms with Crippen molar-refractivity contribution in [3.8, 4) is 0 Å². The number of hydrogen-bond acceptors (Lipinski definition) is 3. The van der Waals surface area contributed by atoms with E-state index in [1.165, 1.54) is 25.7 Å². The van der Waals surface area contributed by atoms with Crippen molar-refractivity contribution in [1.82, 2.24) is 0 Å². The third-order valence-electron chi connectivity index (χ3n) is 3.68. The third kappa shape index (κ3) is 5.53. The number of unbranched alkanes of at least 4 members (excludes halogenated alkanes) is 1. The first-order valence-electron chi connectivity index (χ1n) is 7.05. The van der Waals surface area contributed by atoms with E-state index in [0.29, 0.717) is 12.5 Å². The Morgan fingerprint density at radius 3 is 2.88 bits per heavy atom. The molecule has 2 N–H and O–H groups in total. The lowest BCUT2D eigenvalue weighted by Gasteiger charge is -2.26. The minimum atomic E-state index is -0.420. The van der Waals surface area contributed by atoms with Gasteiger partial charge >= 0.3 is 5.97 Å². The first kappa shape index (κ1) is 14.5. The first-order chi connectivity index (χ1) is 8.13. The topological polar surface area (TPSA) is 52.3 Å². The lowest BCUT2D eigenvalue weighted by Crippen LogP contribution is -2.33. The second-order valence-corrected chi connectivity index (χ2v) is 5.52. The van der Waals surface area contributed by atoms with Gasteiger partial charge in [-0.15, -0.1) is 0 Å². The average molecular weight is 241 g/mol. The quantitative estimate of drug-likeness (QED) is 0.727. The predicted octanol–water partition coefficient (Wildman–Crippen LogP) is 2.87. The highest BCUT2D eigenvalue weighted by Crippen LogP contribution is 2.28. The van der Waals surface area contributed by atoms with Gasteiger partial charge in [0.25, 0.3) is 0 Å². The first-order valence-corrected chi connectivity index (χ1v) is 7.05. The maximum atomic E-state index is 11.6. The molecule has 0 heterocycles. The molecule has 1 saturated carbocycles. The molecule has 0 radical (unpaired) electrons. The molecule has 1 aliphatic rings. The van der Waals surface area contributed by atoms with E-state index in [1.807, 2.05) is 0 Å². The molecule has 0 amide bonds. The summed E-state index contributed by atoms with van der Waals surface area (Å²) in [6.07, 6.45) is 7.79. The summed E-state index contributed by atoms with van der Waals surface area (Å²) in [5.74, 6) is 1.12. The summed E-state index contributed by atoms with van der Waals surface area (Å²) in [5.41, 5.74) is 5.77. The van der Waals surface area contributed by atoms with Gasteiger partial charge in [-0.3, -0.25) is 4.79 Å². The van der Waals surface area contributed by atoms with E-state index in [-0.39, 0.29) is 5.97 Å². The number of rotatable bonds is 6. The Labute approximate surface area is 105 Å². The highest BCUT2D eigenvalue weighted by Gasteiger charge is 2.21. The van der Waals surface area contributed by atoms with Crippen LogP contribution in [0.3, 0.4) is 0 Å². The number of hydrogen-bond donors (Lipinski definition) is 1. The highest BCUT2D eigenvalue weighted by atomic mass is 16.5. The van der Waals surface area contributed by atoms with E-state index < -0.39 is 6.04 Å². The summed E-state index contributed by atoms with van der Waals surface area (Å²) in [6.45, 7) is 4.95. The van der Waals surface area contributed by atoms with Gasteiger partial charge in [0.2, 0.25) is 0 Å². The van der Waals surface area contributed by atoms with Gasteiger partial charge in [-0.1, -0.05) is 39.5 Å². The van der Waals surface area contributed by atoms with Crippen LogP contribution in [0.4, 0.5) is 0 Å². The molecule has 17 heavy (non-hydrogen) atoms. The molecule has 1 aliphatic carbocycles. The van der Waals surface area contributed by atoms with E-state index in [4.69, 9.17) is 10.5 Å². The maximum absolute atomic E-state index is 11.6. The summed E-state index contributed by atoms with van der Waals surface area (Å²) in [7, 11) is 0. The van der Waals surface area contributed by atoms with Gasteiger partial charge in [-0.25, -0.2) is 0 Å². The molecule has 0 aromatic carbocycles. The van der Waals surface area contributed by atoms with Crippen LogP contribution in [0, 0.1) is 11.8 Å². The number of esters is 1. The zero-order chi connectivity index (χ0) is 12.7. The standard InChI is InChI=1S/C14H27NO2/c1-3-4-8-13(15)14(16)17-10-12-7-5-6-11(2)9-12/h11-13H,3-10,15H2,1-2H3/t11?,12?,13-/m0/s1. The average Bonchev–Trinajstić information content (AvgIpc) is 2.33. The number of carbonyl (C=O) groups excluding carboxylic acids is 1. The summed E-state index contributed by atoms with van der Waals surface area (Å²) >= 11 is 0. The van der Waals surface area contributed by atoms with Crippen LogP contribution in [0.2, 0.25) is 0 Å². The monoisotopic (exact) mass is 241 g/mol. The second kappa shape index (κ2) is 7.70. The van der Waals surface area contributed by atoms with E-state index in [9.17, 15) is 4.79 Å². The Hall–Kier alpha value is -0.570. The van der Waals surface area contributed by atoms with Gasteiger partial charge < -0.3 is 10.5 Å². The van der Waals surface area contributed by atoms with Gasteiger partial charge in [0.05, 0.1) is 6.61 Å². The summed E-state index contributed by atoms with van der Waals surface area (Å²) < 4.78 is 5.32. The minimum absolute atomic E-state index is 0.211. The Kier molecular flexibility index (Phi) is 6.56. The molecule has 3 atom stereocenters. The van der Waals surface area contributed by atoms with Crippen LogP contribution in [0.5, 0.6) is 0 Å². The molecule has 0 aliphatic heterocycles. The van der Waals surface area contributed by atoms with E-state index >= 15 is 0 Å². The molecular formula is C14H27NO2. The summed E-state index contributed by atoms with van der Waals surface area (Å²) in [5, 5.41) is 0. The van der Waals surface area contributed by atoms with Crippen LogP contribution in [-0.4, -0.2) is 18.6 Å². The van der Waals surface area contributed by atoms with Crippen LogP contribution < -0.4 is 5.73 Å². The molecule has 0 saturated heterocycles. The van der Waals surface area contributed by atoms with Crippen molar-refractivity contribution >= 4 is 5.97 Å². The number of nitrogens with two attached hydrogens (primary N) is 1. The van der Waals surface area contributed by atoms with Crippen molar-refractivity contribution in [3.63, 3.8) is 0 Å². The zero-order valence-electron chi connectivity index (χ0n) is 11.3. The molecular weight excluding hydrogens is 214 g/mol. The van der Waals surface area contributed by atoms with Crippen LogP contribution in [0.25, 0.3) is 0 Å². The van der Waals surface area contributed by atoms with Crippen LogP contribution in [0.1, 0.15) is 58.8 Å². The summed E-state index contributed by atoms with van der Waals surface area (Å²) in [6, 6.07) is -0.420. The van der Waals surface area contributed by atoms with E-state index in [2.05, 4.69) is 13.8 Å². The molecule has 1 fully saturated rings. The maximum Gasteiger partial charge on any atom is 0.322 e. The molecule has 100 valence electrons. The van der Waals surface area contributed by atoms with Crippen LogP contribution >= 0.6 is 0 Å². The SMILES string of the molecule is CCCC[C@H](N)C(=O)OCC1CCCC(C)C1. The molecule has 0 bridgehead atoms. The molecule has 0 aromatic rings. The lowest BCUT2D eigenvalue weighted by atomic mass is 9.83. The van der Waals surface area contributed by atoms with Crippen molar-refractivity contribution in [2.75, 3.05) is 6.61 Å². The lowest BCUT2D eigenvalue weighted by molar-refractivity contribution is -0.147. The predicted molar refractivity (Wildman–Crippen MR) is 69.6 cm³/mol. The van der Waals surface area contributed by atoms with Crippen molar-refractivity contribution < 1.29 is 9.53 Å².